The average Bonchev–Trinajstić information content (AvgIpc) is 3.50. The quantitative estimate of drug-likeness (QED) is 0.0755. The summed E-state index contributed by atoms with van der Waals surface area (Å²) in [5.74, 6) is -1.54. The van der Waals surface area contributed by atoms with E-state index >= 15 is 0 Å². The Morgan fingerprint density at radius 3 is 2.42 bits per heavy atom. The Balaban J connectivity index is 1.67. The van der Waals surface area contributed by atoms with Gasteiger partial charge in [0.15, 0.2) is 0 Å². The number of hydrogen-bond donors (Lipinski definition) is 7. The fraction of sp³-hybridized carbons (Fsp3) is 0.238. The Morgan fingerprint density at radius 2 is 1.78 bits per heavy atom. The Morgan fingerprint density at radius 1 is 1.11 bits per heavy atom. The Labute approximate surface area is 203 Å². The van der Waals surface area contributed by atoms with E-state index in [1.165, 1.54) is 30.0 Å². The highest BCUT2D eigenvalue weighted by atomic mass is 16.6. The molecule has 3 amide bonds. The molecule has 3 aromatic heterocycles. The van der Waals surface area contributed by atoms with Gasteiger partial charge in [-0.15, -0.1) is 0 Å². The summed E-state index contributed by atoms with van der Waals surface area (Å²) in [6, 6.07) is 1.45. The first-order valence-corrected chi connectivity index (χ1v) is 10.6. The molecule has 0 spiro atoms. The lowest BCUT2D eigenvalue weighted by Crippen LogP contribution is -2.28. The predicted molar refractivity (Wildman–Crippen MR) is 129 cm³/mol. The molecule has 0 atom stereocenters. The molecule has 0 aliphatic heterocycles. The van der Waals surface area contributed by atoms with Crippen LogP contribution in [-0.2, 0) is 7.05 Å². The lowest BCUT2D eigenvalue weighted by molar-refractivity contribution is -0.385. The molecule has 0 aromatic carbocycles. The maximum absolute atomic E-state index is 12.9. The van der Waals surface area contributed by atoms with Gasteiger partial charge in [-0.3, -0.25) is 24.5 Å². The molecular formula is C21H25N9O6. The second kappa shape index (κ2) is 10.5. The number of nitrogens with zero attached hydrogens (tertiary/aromatic N) is 3. The standard InChI is InChI=1S/C21H25N9O6/c1-10-13(7-24-17(10)20(32)23-5-4-16(22)28-34)27-19(31)14-6-12(9-29(14)3)26-21(33)18-11(2)15(8-25-18)30(35)36/h6-9,24-25,34H,4-5H2,1-3H3,(H2,22,28)(H,23,32)(H,26,33)(H,27,31). The van der Waals surface area contributed by atoms with E-state index in [2.05, 4.69) is 31.1 Å². The Bertz CT molecular complexity index is 1360. The average molecular weight is 499 g/mol. The van der Waals surface area contributed by atoms with Gasteiger partial charge in [0.05, 0.1) is 28.1 Å². The molecule has 3 heterocycles. The van der Waals surface area contributed by atoms with Crippen molar-refractivity contribution in [2.45, 2.75) is 20.3 Å². The molecule has 3 rings (SSSR count). The van der Waals surface area contributed by atoms with Gasteiger partial charge in [0.25, 0.3) is 23.4 Å². The van der Waals surface area contributed by atoms with Crippen LogP contribution in [0.2, 0.25) is 0 Å². The molecule has 8 N–H and O–H groups in total. The number of oxime groups is 1. The van der Waals surface area contributed by atoms with Gasteiger partial charge in [0.1, 0.15) is 22.9 Å². The van der Waals surface area contributed by atoms with Crippen LogP contribution in [0.5, 0.6) is 0 Å². The molecule has 15 nitrogen and oxygen atoms in total. The number of carbonyl (C=O) groups excluding carboxylic acids is 3. The zero-order valence-corrected chi connectivity index (χ0v) is 19.6. The summed E-state index contributed by atoms with van der Waals surface area (Å²) in [5, 5.41) is 30.3. The van der Waals surface area contributed by atoms with Crippen LogP contribution in [-0.4, -0.2) is 54.8 Å². The van der Waals surface area contributed by atoms with Gasteiger partial charge in [-0.25, -0.2) is 0 Å². The molecule has 0 fully saturated rings. The summed E-state index contributed by atoms with van der Waals surface area (Å²) in [6.45, 7) is 3.27. The van der Waals surface area contributed by atoms with E-state index < -0.39 is 22.6 Å². The number of nitrogens with two attached hydrogens (primary N) is 1. The summed E-state index contributed by atoms with van der Waals surface area (Å²) in [6.07, 6.45) is 4.29. The monoisotopic (exact) mass is 499 g/mol. The summed E-state index contributed by atoms with van der Waals surface area (Å²) in [4.78, 5) is 53.6. The van der Waals surface area contributed by atoms with Crippen LogP contribution in [0, 0.1) is 24.0 Å². The van der Waals surface area contributed by atoms with Crippen molar-refractivity contribution in [3.8, 4) is 0 Å². The van der Waals surface area contributed by atoms with Crippen molar-refractivity contribution in [1.82, 2.24) is 19.9 Å². The zero-order valence-electron chi connectivity index (χ0n) is 19.6. The van der Waals surface area contributed by atoms with Gasteiger partial charge in [-0.1, -0.05) is 5.16 Å². The number of amidine groups is 1. The second-order valence-electron chi connectivity index (χ2n) is 7.86. The van der Waals surface area contributed by atoms with E-state index in [1.54, 1.807) is 14.0 Å². The van der Waals surface area contributed by atoms with E-state index in [9.17, 15) is 24.5 Å². The summed E-state index contributed by atoms with van der Waals surface area (Å²) in [7, 11) is 1.61. The molecule has 0 bridgehead atoms. The first-order valence-electron chi connectivity index (χ1n) is 10.6. The van der Waals surface area contributed by atoms with E-state index in [1.807, 2.05) is 0 Å². The van der Waals surface area contributed by atoms with Crippen LogP contribution in [0.3, 0.4) is 0 Å². The Hall–Kier alpha value is -5.08. The van der Waals surface area contributed by atoms with Crippen LogP contribution in [0.15, 0.2) is 29.8 Å². The summed E-state index contributed by atoms with van der Waals surface area (Å²) < 4.78 is 1.50. The van der Waals surface area contributed by atoms with E-state index in [0.29, 0.717) is 16.9 Å². The first-order chi connectivity index (χ1) is 17.0. The number of aromatic amines is 2. The predicted octanol–water partition coefficient (Wildman–Crippen LogP) is 1.58. The normalized spacial score (nSPS) is 11.2. The third-order valence-electron chi connectivity index (χ3n) is 5.44. The van der Waals surface area contributed by atoms with Crippen LogP contribution in [0.4, 0.5) is 17.1 Å². The highest BCUT2D eigenvalue weighted by Gasteiger charge is 2.22. The third kappa shape index (κ3) is 5.35. The van der Waals surface area contributed by atoms with Crippen LogP contribution in [0.25, 0.3) is 0 Å². The van der Waals surface area contributed by atoms with Crippen molar-refractivity contribution in [3.05, 3.63) is 63.0 Å². The number of nitrogens with one attached hydrogen (secondary N) is 5. The van der Waals surface area contributed by atoms with Crippen LogP contribution in [0.1, 0.15) is 49.0 Å². The fourth-order valence-corrected chi connectivity index (χ4v) is 3.45. The minimum absolute atomic E-state index is 0.0195. The summed E-state index contributed by atoms with van der Waals surface area (Å²) in [5.41, 5.74) is 7.03. The van der Waals surface area contributed by atoms with E-state index in [-0.39, 0.29) is 47.1 Å². The lowest BCUT2D eigenvalue weighted by atomic mass is 10.2. The fourth-order valence-electron chi connectivity index (χ4n) is 3.45. The largest absolute Gasteiger partial charge is 0.409 e. The van der Waals surface area contributed by atoms with Crippen molar-refractivity contribution in [3.63, 3.8) is 0 Å². The minimum atomic E-state index is -0.595. The number of anilines is 2. The van der Waals surface area contributed by atoms with Gasteiger partial charge < -0.3 is 41.4 Å². The maximum Gasteiger partial charge on any atom is 0.290 e. The SMILES string of the molecule is Cc1c(NC(=O)c2cc(NC(=O)c3[nH]cc([N+](=O)[O-])c3C)cn2C)c[nH]c1C(=O)NCCC(N)=NO. The van der Waals surface area contributed by atoms with E-state index in [4.69, 9.17) is 10.9 Å². The number of carbonyl (C=O) groups is 3. The molecule has 0 aliphatic carbocycles. The number of H-pyrrole nitrogens is 2. The number of rotatable bonds is 9. The highest BCUT2D eigenvalue weighted by Crippen LogP contribution is 2.23. The number of aromatic nitrogens is 3. The smallest absolute Gasteiger partial charge is 0.290 e. The third-order valence-corrected chi connectivity index (χ3v) is 5.44. The number of nitro groups is 1. The lowest BCUT2D eigenvalue weighted by Gasteiger charge is -2.07. The van der Waals surface area contributed by atoms with Gasteiger partial charge in [0, 0.05) is 38.0 Å². The van der Waals surface area contributed by atoms with Crippen molar-refractivity contribution in [1.29, 1.82) is 0 Å². The second-order valence-corrected chi connectivity index (χ2v) is 7.86. The van der Waals surface area contributed by atoms with Crippen molar-refractivity contribution in [2.24, 2.45) is 17.9 Å². The molecule has 0 aliphatic rings. The molecule has 0 saturated carbocycles. The zero-order chi connectivity index (χ0) is 26.6. The van der Waals surface area contributed by atoms with Crippen molar-refractivity contribution < 1.29 is 24.5 Å². The molecule has 15 heteroatoms. The summed E-state index contributed by atoms with van der Waals surface area (Å²) >= 11 is 0. The van der Waals surface area contributed by atoms with Gasteiger partial charge in [-0.2, -0.15) is 0 Å². The molecule has 3 aromatic rings. The van der Waals surface area contributed by atoms with Gasteiger partial charge >= 0.3 is 0 Å². The molecule has 0 radical (unpaired) electrons. The van der Waals surface area contributed by atoms with Crippen molar-refractivity contribution >= 4 is 40.6 Å². The van der Waals surface area contributed by atoms with E-state index in [0.717, 1.165) is 6.20 Å². The minimum Gasteiger partial charge on any atom is -0.409 e. The number of aryl methyl sites for hydroxylation is 1. The van der Waals surface area contributed by atoms with Crippen molar-refractivity contribution in [2.75, 3.05) is 17.2 Å². The topological polar surface area (TPSA) is 226 Å². The first kappa shape index (κ1) is 25.5. The van der Waals surface area contributed by atoms with Gasteiger partial charge in [0.2, 0.25) is 0 Å². The maximum atomic E-state index is 12.9. The molecule has 190 valence electrons. The highest BCUT2D eigenvalue weighted by molar-refractivity contribution is 6.08. The Kier molecular flexibility index (Phi) is 7.42. The van der Waals surface area contributed by atoms with Crippen LogP contribution < -0.4 is 21.7 Å². The number of hydrogen-bond acceptors (Lipinski definition) is 7. The number of amides is 3. The molecular weight excluding hydrogens is 474 g/mol. The molecule has 0 unspecified atom stereocenters. The molecule has 36 heavy (non-hydrogen) atoms. The van der Waals surface area contributed by atoms with Crippen LogP contribution >= 0.6 is 0 Å². The van der Waals surface area contributed by atoms with Gasteiger partial charge in [-0.05, 0) is 19.9 Å². The molecule has 0 saturated heterocycles.